The highest BCUT2D eigenvalue weighted by atomic mass is 79.9. The summed E-state index contributed by atoms with van der Waals surface area (Å²) in [6.45, 7) is 1.92. The Morgan fingerprint density at radius 2 is 1.24 bits per heavy atom. The van der Waals surface area contributed by atoms with Crippen molar-refractivity contribution in [3.05, 3.63) is 99.5 Å². The Morgan fingerprint density at radius 1 is 0.690 bits per heavy atom. The first-order valence-electron chi connectivity index (χ1n) is 8.77. The third-order valence-electron chi connectivity index (χ3n) is 4.08. The van der Waals surface area contributed by atoms with E-state index in [0.717, 1.165) is 10.0 Å². The van der Waals surface area contributed by atoms with Gasteiger partial charge in [0.15, 0.2) is 0 Å². The van der Waals surface area contributed by atoms with E-state index >= 15 is 0 Å². The Hall–Kier alpha value is -3.45. The first-order chi connectivity index (χ1) is 13.9. The minimum absolute atomic E-state index is 0.229. The van der Waals surface area contributed by atoms with Crippen LogP contribution < -0.4 is 16.2 Å². The minimum Gasteiger partial charge on any atom is -0.322 e. The summed E-state index contributed by atoms with van der Waals surface area (Å²) in [5.74, 6) is -1.12. The quantitative estimate of drug-likeness (QED) is 0.522. The highest BCUT2D eigenvalue weighted by molar-refractivity contribution is 9.10. The van der Waals surface area contributed by atoms with Gasteiger partial charge in [-0.15, -0.1) is 0 Å². The van der Waals surface area contributed by atoms with E-state index in [2.05, 4.69) is 32.1 Å². The van der Waals surface area contributed by atoms with E-state index in [1.807, 2.05) is 19.1 Å². The lowest BCUT2D eigenvalue weighted by molar-refractivity contribution is 0.0846. The predicted octanol–water partition coefficient (Wildman–Crippen LogP) is 4.08. The largest absolute Gasteiger partial charge is 0.322 e. The fourth-order valence-electron chi connectivity index (χ4n) is 2.55. The molecule has 0 aliphatic rings. The van der Waals surface area contributed by atoms with Crippen molar-refractivity contribution in [2.45, 2.75) is 6.92 Å². The molecule has 0 unspecified atom stereocenters. The average molecular weight is 452 g/mol. The van der Waals surface area contributed by atoms with E-state index in [9.17, 15) is 14.4 Å². The monoisotopic (exact) mass is 451 g/mol. The highest BCUT2D eigenvalue weighted by Crippen LogP contribution is 2.13. The number of carbonyl (C=O) groups excluding carboxylic acids is 3. The Morgan fingerprint density at radius 3 is 1.79 bits per heavy atom. The van der Waals surface area contributed by atoms with Gasteiger partial charge in [0.05, 0.1) is 0 Å². The molecule has 0 spiro atoms. The minimum atomic E-state index is -0.466. The normalized spacial score (nSPS) is 10.1. The molecule has 0 saturated carbocycles. The zero-order chi connectivity index (χ0) is 20.8. The van der Waals surface area contributed by atoms with Crippen LogP contribution in [0.5, 0.6) is 0 Å². The van der Waals surface area contributed by atoms with Crippen LogP contribution in [0.3, 0.4) is 0 Å². The molecule has 3 rings (SSSR count). The van der Waals surface area contributed by atoms with Crippen molar-refractivity contribution >= 4 is 39.3 Å². The lowest BCUT2D eigenvalue weighted by atomic mass is 10.1. The molecule has 0 aromatic heterocycles. The number of benzene rings is 3. The number of halogens is 1. The molecule has 0 radical (unpaired) electrons. The topological polar surface area (TPSA) is 87.3 Å². The third-order valence-corrected chi connectivity index (χ3v) is 4.61. The predicted molar refractivity (Wildman–Crippen MR) is 115 cm³/mol. The van der Waals surface area contributed by atoms with Gasteiger partial charge in [0.2, 0.25) is 0 Å². The molecule has 7 heteroatoms. The van der Waals surface area contributed by atoms with Crippen LogP contribution in [0.4, 0.5) is 5.69 Å². The molecular formula is C22H18BrN3O3. The van der Waals surface area contributed by atoms with Crippen molar-refractivity contribution in [1.29, 1.82) is 0 Å². The molecular weight excluding hydrogens is 434 g/mol. The standard InChI is InChI=1S/C22H18BrN3O3/c1-14-3-2-4-17(13-14)20(27)24-19-11-7-16(8-12-19)22(29)26-25-21(28)15-5-9-18(23)10-6-15/h2-13H,1H3,(H,24,27)(H,25,28)(H,26,29). The number of amides is 3. The van der Waals surface area contributed by atoms with Crippen LogP contribution in [-0.2, 0) is 0 Å². The highest BCUT2D eigenvalue weighted by Gasteiger charge is 2.10. The van der Waals surface area contributed by atoms with Crippen LogP contribution >= 0.6 is 15.9 Å². The van der Waals surface area contributed by atoms with Gasteiger partial charge in [-0.1, -0.05) is 33.6 Å². The second kappa shape index (κ2) is 9.16. The molecule has 3 aromatic carbocycles. The molecule has 3 amide bonds. The summed E-state index contributed by atoms with van der Waals surface area (Å²) >= 11 is 3.30. The van der Waals surface area contributed by atoms with Crippen molar-refractivity contribution in [3.63, 3.8) is 0 Å². The van der Waals surface area contributed by atoms with Crippen LogP contribution in [0.1, 0.15) is 36.6 Å². The second-order valence-electron chi connectivity index (χ2n) is 6.32. The van der Waals surface area contributed by atoms with Crippen LogP contribution in [-0.4, -0.2) is 17.7 Å². The van der Waals surface area contributed by atoms with Crippen molar-refractivity contribution in [2.75, 3.05) is 5.32 Å². The summed E-state index contributed by atoms with van der Waals surface area (Å²) in [6.07, 6.45) is 0. The Kier molecular flexibility index (Phi) is 6.41. The molecule has 3 aromatic rings. The van der Waals surface area contributed by atoms with Gasteiger partial charge in [0.25, 0.3) is 17.7 Å². The van der Waals surface area contributed by atoms with E-state index in [1.54, 1.807) is 60.7 Å². The van der Waals surface area contributed by atoms with Gasteiger partial charge in [-0.2, -0.15) is 0 Å². The number of rotatable bonds is 4. The number of hydrogen-bond acceptors (Lipinski definition) is 3. The van der Waals surface area contributed by atoms with Crippen LogP contribution in [0.2, 0.25) is 0 Å². The Balaban J connectivity index is 1.56. The van der Waals surface area contributed by atoms with Crippen LogP contribution in [0.15, 0.2) is 77.3 Å². The van der Waals surface area contributed by atoms with Crippen molar-refractivity contribution in [1.82, 2.24) is 10.9 Å². The fourth-order valence-corrected chi connectivity index (χ4v) is 2.82. The van der Waals surface area contributed by atoms with E-state index < -0.39 is 11.8 Å². The summed E-state index contributed by atoms with van der Waals surface area (Å²) < 4.78 is 0.854. The molecule has 0 atom stereocenters. The van der Waals surface area contributed by atoms with E-state index in [0.29, 0.717) is 22.4 Å². The first-order valence-corrected chi connectivity index (χ1v) is 9.56. The summed E-state index contributed by atoms with van der Waals surface area (Å²) in [5, 5.41) is 2.78. The van der Waals surface area contributed by atoms with Crippen LogP contribution in [0, 0.1) is 6.92 Å². The first kappa shape index (κ1) is 20.3. The van der Waals surface area contributed by atoms with Gasteiger partial charge >= 0.3 is 0 Å². The molecule has 146 valence electrons. The maximum Gasteiger partial charge on any atom is 0.269 e. The maximum absolute atomic E-state index is 12.3. The van der Waals surface area contributed by atoms with Gasteiger partial charge in [-0.3, -0.25) is 25.2 Å². The van der Waals surface area contributed by atoms with Gasteiger partial charge in [0.1, 0.15) is 0 Å². The van der Waals surface area contributed by atoms with Gasteiger partial charge in [-0.25, -0.2) is 0 Å². The molecule has 29 heavy (non-hydrogen) atoms. The average Bonchev–Trinajstić information content (AvgIpc) is 2.73. The summed E-state index contributed by atoms with van der Waals surface area (Å²) in [5.41, 5.74) is 7.61. The molecule has 0 aliphatic carbocycles. The SMILES string of the molecule is Cc1cccc(C(=O)Nc2ccc(C(=O)NNC(=O)c3ccc(Br)cc3)cc2)c1. The Bertz CT molecular complexity index is 1050. The molecule has 6 nitrogen and oxygen atoms in total. The number of carbonyl (C=O) groups is 3. The van der Waals surface area contributed by atoms with Gasteiger partial charge < -0.3 is 5.32 Å². The summed E-state index contributed by atoms with van der Waals surface area (Å²) in [6, 6.07) is 20.4. The van der Waals surface area contributed by atoms with E-state index in [-0.39, 0.29) is 5.91 Å². The van der Waals surface area contributed by atoms with Crippen molar-refractivity contribution in [3.8, 4) is 0 Å². The molecule has 0 aliphatic heterocycles. The number of hydrazine groups is 1. The molecule has 3 N–H and O–H groups in total. The lowest BCUT2D eigenvalue weighted by Crippen LogP contribution is -2.41. The lowest BCUT2D eigenvalue weighted by Gasteiger charge is -2.09. The van der Waals surface area contributed by atoms with Gasteiger partial charge in [0, 0.05) is 26.9 Å². The zero-order valence-electron chi connectivity index (χ0n) is 15.5. The number of aryl methyl sites for hydroxylation is 1. The number of nitrogens with one attached hydrogen (secondary N) is 3. The number of anilines is 1. The Labute approximate surface area is 176 Å². The molecule has 0 saturated heterocycles. The zero-order valence-corrected chi connectivity index (χ0v) is 17.1. The molecule has 0 fully saturated rings. The van der Waals surface area contributed by atoms with Crippen molar-refractivity contribution in [2.24, 2.45) is 0 Å². The molecule has 0 bridgehead atoms. The fraction of sp³-hybridized carbons (Fsp3) is 0.0455. The van der Waals surface area contributed by atoms with Crippen LogP contribution in [0.25, 0.3) is 0 Å². The van der Waals surface area contributed by atoms with E-state index in [4.69, 9.17) is 0 Å². The molecule has 0 heterocycles. The number of hydrogen-bond donors (Lipinski definition) is 3. The van der Waals surface area contributed by atoms with E-state index in [1.165, 1.54) is 0 Å². The van der Waals surface area contributed by atoms with Gasteiger partial charge in [-0.05, 0) is 67.6 Å². The maximum atomic E-state index is 12.3. The summed E-state index contributed by atoms with van der Waals surface area (Å²) in [7, 11) is 0. The smallest absolute Gasteiger partial charge is 0.269 e. The second-order valence-corrected chi connectivity index (χ2v) is 7.23. The summed E-state index contributed by atoms with van der Waals surface area (Å²) in [4.78, 5) is 36.5. The third kappa shape index (κ3) is 5.52. The van der Waals surface area contributed by atoms with Crippen molar-refractivity contribution < 1.29 is 14.4 Å².